The first-order valence-electron chi connectivity index (χ1n) is 9.36. The van der Waals surface area contributed by atoms with Gasteiger partial charge in [-0.2, -0.15) is 5.26 Å². The van der Waals surface area contributed by atoms with Gasteiger partial charge >= 0.3 is 0 Å². The Balaban J connectivity index is 1.50. The van der Waals surface area contributed by atoms with Crippen LogP contribution >= 0.6 is 11.6 Å². The standard InChI is InChI=1S/C24H20ClN3O2/c25-20-8-6-18(7-9-20)14-15-27-17-19(16-26)24(29)28-21-10-12-23(13-11-21)30-22-4-2-1-3-5-22/h1-13,17,27H,14-15H2,(H,28,29)/b19-17-. The van der Waals surface area contributed by atoms with Gasteiger partial charge in [-0.05, 0) is 60.5 Å². The smallest absolute Gasteiger partial charge is 0.267 e. The minimum Gasteiger partial charge on any atom is -0.457 e. The van der Waals surface area contributed by atoms with Gasteiger partial charge in [-0.1, -0.05) is 41.9 Å². The lowest BCUT2D eigenvalue weighted by molar-refractivity contribution is -0.112. The van der Waals surface area contributed by atoms with Gasteiger partial charge in [-0.25, -0.2) is 0 Å². The third kappa shape index (κ3) is 6.40. The normalized spacial score (nSPS) is 10.7. The molecule has 0 aliphatic heterocycles. The second kappa shape index (κ2) is 10.7. The molecule has 6 heteroatoms. The first-order valence-corrected chi connectivity index (χ1v) is 9.74. The van der Waals surface area contributed by atoms with Crippen molar-refractivity contribution in [1.29, 1.82) is 5.26 Å². The van der Waals surface area contributed by atoms with Crippen LogP contribution in [0, 0.1) is 11.3 Å². The lowest BCUT2D eigenvalue weighted by Crippen LogP contribution is -2.18. The average Bonchev–Trinajstić information content (AvgIpc) is 2.77. The number of hydrogen-bond donors (Lipinski definition) is 2. The van der Waals surface area contributed by atoms with Gasteiger partial charge in [0, 0.05) is 23.5 Å². The fourth-order valence-electron chi connectivity index (χ4n) is 2.62. The van der Waals surface area contributed by atoms with Gasteiger partial charge in [-0.3, -0.25) is 4.79 Å². The van der Waals surface area contributed by atoms with E-state index >= 15 is 0 Å². The summed E-state index contributed by atoms with van der Waals surface area (Å²) in [6.07, 6.45) is 2.18. The van der Waals surface area contributed by atoms with Crippen molar-refractivity contribution in [2.45, 2.75) is 6.42 Å². The number of halogens is 1. The number of carbonyl (C=O) groups is 1. The summed E-state index contributed by atoms with van der Waals surface area (Å²) in [7, 11) is 0. The number of hydrogen-bond acceptors (Lipinski definition) is 4. The zero-order valence-electron chi connectivity index (χ0n) is 16.1. The average molecular weight is 418 g/mol. The summed E-state index contributed by atoms with van der Waals surface area (Å²) >= 11 is 5.87. The molecule has 150 valence electrons. The number of ether oxygens (including phenoxy) is 1. The molecule has 0 fully saturated rings. The second-order valence-corrected chi connectivity index (χ2v) is 6.83. The first kappa shape index (κ1) is 21.0. The third-order valence-electron chi connectivity index (χ3n) is 4.17. The van der Waals surface area contributed by atoms with Crippen molar-refractivity contribution in [3.8, 4) is 17.6 Å². The largest absolute Gasteiger partial charge is 0.457 e. The number of para-hydroxylation sites is 1. The first-order chi connectivity index (χ1) is 14.6. The summed E-state index contributed by atoms with van der Waals surface area (Å²) in [5, 5.41) is 15.7. The molecule has 5 nitrogen and oxygen atoms in total. The van der Waals surface area contributed by atoms with Crippen LogP contribution in [0.5, 0.6) is 11.5 Å². The molecule has 2 N–H and O–H groups in total. The number of nitriles is 1. The van der Waals surface area contributed by atoms with Crippen LogP contribution in [0.3, 0.4) is 0 Å². The molecule has 3 aromatic rings. The maximum Gasteiger partial charge on any atom is 0.267 e. The number of anilines is 1. The Hall–Kier alpha value is -3.75. The number of carbonyl (C=O) groups excluding carboxylic acids is 1. The highest BCUT2D eigenvalue weighted by Gasteiger charge is 2.09. The highest BCUT2D eigenvalue weighted by molar-refractivity contribution is 6.30. The molecular formula is C24H20ClN3O2. The van der Waals surface area contributed by atoms with Crippen LogP contribution in [0.1, 0.15) is 5.56 Å². The Labute approximate surface area is 180 Å². The zero-order chi connectivity index (χ0) is 21.2. The van der Waals surface area contributed by atoms with Gasteiger partial charge < -0.3 is 15.4 Å². The summed E-state index contributed by atoms with van der Waals surface area (Å²) in [6.45, 7) is 0.589. The molecule has 0 bridgehead atoms. The van der Waals surface area contributed by atoms with Crippen molar-refractivity contribution >= 4 is 23.2 Å². The lowest BCUT2D eigenvalue weighted by Gasteiger charge is -2.08. The van der Waals surface area contributed by atoms with Crippen LogP contribution in [-0.2, 0) is 11.2 Å². The van der Waals surface area contributed by atoms with Gasteiger partial charge in [0.05, 0.1) is 0 Å². The summed E-state index contributed by atoms with van der Waals surface area (Å²) in [5.41, 5.74) is 1.68. The van der Waals surface area contributed by atoms with E-state index in [1.807, 2.05) is 60.7 Å². The molecular weight excluding hydrogens is 398 g/mol. The van der Waals surface area contributed by atoms with Gasteiger partial charge in [0.2, 0.25) is 0 Å². The molecule has 0 aliphatic carbocycles. The van der Waals surface area contributed by atoms with Gasteiger partial charge in [0.1, 0.15) is 23.1 Å². The van der Waals surface area contributed by atoms with E-state index in [1.165, 1.54) is 6.20 Å². The van der Waals surface area contributed by atoms with E-state index in [1.54, 1.807) is 24.3 Å². The number of rotatable bonds is 8. The third-order valence-corrected chi connectivity index (χ3v) is 4.43. The fraction of sp³-hybridized carbons (Fsp3) is 0.0833. The number of amides is 1. The maximum atomic E-state index is 12.3. The minimum atomic E-state index is -0.478. The molecule has 3 aromatic carbocycles. The fourth-order valence-corrected chi connectivity index (χ4v) is 2.75. The molecule has 3 rings (SSSR count). The van der Waals surface area contributed by atoms with E-state index in [-0.39, 0.29) is 5.57 Å². The predicted molar refractivity (Wildman–Crippen MR) is 118 cm³/mol. The molecule has 0 aliphatic rings. The van der Waals surface area contributed by atoms with E-state index in [0.717, 1.165) is 17.7 Å². The Kier molecular flexibility index (Phi) is 7.48. The van der Waals surface area contributed by atoms with E-state index in [2.05, 4.69) is 10.6 Å². The summed E-state index contributed by atoms with van der Waals surface area (Å²) < 4.78 is 5.72. The quantitative estimate of drug-likeness (QED) is 0.296. The Morgan fingerprint density at radius 2 is 1.63 bits per heavy atom. The Morgan fingerprint density at radius 1 is 0.967 bits per heavy atom. The van der Waals surface area contributed by atoms with Gasteiger partial charge in [0.15, 0.2) is 0 Å². The van der Waals surface area contributed by atoms with Crippen LogP contribution in [0.15, 0.2) is 90.6 Å². The van der Waals surface area contributed by atoms with Crippen molar-refractivity contribution in [3.63, 3.8) is 0 Å². The van der Waals surface area contributed by atoms with Crippen LogP contribution in [0.4, 0.5) is 5.69 Å². The molecule has 0 unspecified atom stereocenters. The predicted octanol–water partition coefficient (Wildman–Crippen LogP) is 5.31. The molecule has 0 saturated carbocycles. The molecule has 0 heterocycles. The molecule has 30 heavy (non-hydrogen) atoms. The summed E-state index contributed by atoms with van der Waals surface area (Å²) in [4.78, 5) is 12.3. The van der Waals surface area contributed by atoms with E-state index < -0.39 is 5.91 Å². The van der Waals surface area contributed by atoms with Crippen LogP contribution in [0.2, 0.25) is 5.02 Å². The van der Waals surface area contributed by atoms with E-state index in [4.69, 9.17) is 16.3 Å². The molecule has 1 amide bonds. The van der Waals surface area contributed by atoms with Crippen LogP contribution in [-0.4, -0.2) is 12.5 Å². The molecule has 0 atom stereocenters. The van der Waals surface area contributed by atoms with Crippen molar-refractivity contribution in [2.24, 2.45) is 0 Å². The monoisotopic (exact) mass is 417 g/mol. The second-order valence-electron chi connectivity index (χ2n) is 6.39. The number of nitrogens with zero attached hydrogens (tertiary/aromatic N) is 1. The number of benzene rings is 3. The van der Waals surface area contributed by atoms with Crippen LogP contribution in [0.25, 0.3) is 0 Å². The molecule has 0 spiro atoms. The van der Waals surface area contributed by atoms with Crippen LogP contribution < -0.4 is 15.4 Å². The maximum absolute atomic E-state index is 12.3. The minimum absolute atomic E-state index is 0.00396. The summed E-state index contributed by atoms with van der Waals surface area (Å²) in [5.74, 6) is 0.904. The zero-order valence-corrected chi connectivity index (χ0v) is 16.9. The highest BCUT2D eigenvalue weighted by Crippen LogP contribution is 2.22. The van der Waals surface area contributed by atoms with Gasteiger partial charge in [-0.15, -0.1) is 0 Å². The Morgan fingerprint density at radius 3 is 2.30 bits per heavy atom. The van der Waals surface area contributed by atoms with Crippen molar-refractivity contribution < 1.29 is 9.53 Å². The van der Waals surface area contributed by atoms with Crippen molar-refractivity contribution in [2.75, 3.05) is 11.9 Å². The lowest BCUT2D eigenvalue weighted by atomic mass is 10.1. The SMILES string of the molecule is N#C/C(=C/NCCc1ccc(Cl)cc1)C(=O)Nc1ccc(Oc2ccccc2)cc1. The van der Waals surface area contributed by atoms with Crippen molar-refractivity contribution in [3.05, 3.63) is 101 Å². The topological polar surface area (TPSA) is 74.2 Å². The molecule has 0 saturated heterocycles. The van der Waals surface area contributed by atoms with E-state index in [0.29, 0.717) is 23.0 Å². The van der Waals surface area contributed by atoms with E-state index in [9.17, 15) is 10.1 Å². The highest BCUT2D eigenvalue weighted by atomic mass is 35.5. The Bertz CT molecular complexity index is 1040. The molecule has 0 aromatic heterocycles. The van der Waals surface area contributed by atoms with Gasteiger partial charge in [0.25, 0.3) is 5.91 Å². The van der Waals surface area contributed by atoms with Crippen molar-refractivity contribution in [1.82, 2.24) is 5.32 Å². The molecule has 0 radical (unpaired) electrons. The number of nitrogens with one attached hydrogen (secondary N) is 2. The summed E-state index contributed by atoms with van der Waals surface area (Å²) in [6, 6.07) is 25.8.